The summed E-state index contributed by atoms with van der Waals surface area (Å²) in [6.07, 6.45) is 0. The second kappa shape index (κ2) is 509. The van der Waals surface area contributed by atoms with E-state index in [1.54, 1.807) is 0 Å². The number of hydrogen-bond donors (Lipinski definition) is 0. The fraction of sp³-hybridized carbons (Fsp3) is 0. The predicted octanol–water partition coefficient (Wildman–Crippen LogP) is -4.13. The van der Waals surface area contributed by atoms with E-state index in [0.29, 0.717) is 0 Å². The van der Waals surface area contributed by atoms with E-state index in [4.69, 9.17) is 0 Å². The Bertz CT molecular complexity index is 3.90. The van der Waals surface area contributed by atoms with Crippen molar-refractivity contribution in [2.24, 2.45) is 0 Å². The van der Waals surface area contributed by atoms with Crippen LogP contribution in [0.4, 0.5) is 0 Å². The van der Waals surface area contributed by atoms with Crippen LogP contribution in [0.3, 0.4) is 0 Å². The first-order chi connectivity index (χ1) is 0. The zero-order valence-corrected chi connectivity index (χ0v) is 4.37. The second-order valence-electron chi connectivity index (χ2n) is 0. The molecule has 50 valence electrons. The zero-order chi connectivity index (χ0) is 0. The first-order valence-electron chi connectivity index (χ1n) is 0. The maximum atomic E-state index is 0. The fourth-order valence-electron chi connectivity index (χ4n) is 0. The maximum absolute atomic E-state index is 0. The molecule has 0 saturated carbocycles. The van der Waals surface area contributed by atoms with Crippen molar-refractivity contribution < 1.29 is 47.8 Å². The summed E-state index contributed by atoms with van der Waals surface area (Å²) in [6, 6.07) is 0. The molecule has 0 bridgehead atoms. The van der Waals surface area contributed by atoms with Crippen molar-refractivity contribution in [2.45, 2.75) is 0 Å². The average Bonchev–Trinajstić information content (AvgIpc) is 0. The van der Waals surface area contributed by atoms with Crippen LogP contribution in [0.5, 0.6) is 0 Å². The van der Waals surface area contributed by atoms with E-state index in [-0.39, 0.29) is 47.8 Å². The van der Waals surface area contributed by atoms with Crippen LogP contribution in [-0.4, -0.2) is 27.4 Å². The van der Waals surface area contributed by atoms with Gasteiger partial charge in [-0.2, -0.15) is 0 Å². The maximum Gasteiger partial charge on any atom is 0 e. The molecule has 6 heavy (non-hydrogen) atoms. The molecule has 0 amide bonds. The standard InChI is InChI=1S/5H2O.Pd/h5*1H2;. The van der Waals surface area contributed by atoms with Crippen molar-refractivity contribution in [2.75, 3.05) is 0 Å². The molecule has 5 nitrogen and oxygen atoms in total. The Balaban J connectivity index is 0. The third-order valence-corrected chi connectivity index (χ3v) is 0. The Hall–Kier alpha value is 0.462. The molecule has 0 fully saturated rings. The van der Waals surface area contributed by atoms with E-state index in [9.17, 15) is 0 Å². The third kappa shape index (κ3) is 250. The van der Waals surface area contributed by atoms with Gasteiger partial charge in [0.05, 0.1) is 0 Å². The van der Waals surface area contributed by atoms with Crippen molar-refractivity contribution >= 4 is 0 Å². The van der Waals surface area contributed by atoms with Gasteiger partial charge in [-0.25, -0.2) is 0 Å². The molecule has 0 heterocycles. The van der Waals surface area contributed by atoms with Crippen molar-refractivity contribution in [3.8, 4) is 0 Å². The van der Waals surface area contributed by atoms with Gasteiger partial charge in [0.15, 0.2) is 0 Å². The minimum atomic E-state index is 0. The summed E-state index contributed by atoms with van der Waals surface area (Å²) in [5.41, 5.74) is 0. The van der Waals surface area contributed by atoms with Crippen molar-refractivity contribution in [3.63, 3.8) is 0 Å². The molecule has 6 heteroatoms. The van der Waals surface area contributed by atoms with Gasteiger partial charge in [0, 0.05) is 20.4 Å². The minimum Gasteiger partial charge on any atom is -0.412 e. The molecular weight excluding hydrogens is 186 g/mol. The van der Waals surface area contributed by atoms with E-state index < -0.39 is 0 Å². The molecule has 0 aromatic rings. The molecule has 0 aliphatic heterocycles. The van der Waals surface area contributed by atoms with Crippen molar-refractivity contribution in [1.82, 2.24) is 0 Å². The molecule has 0 aliphatic carbocycles. The van der Waals surface area contributed by atoms with Crippen molar-refractivity contribution in [3.05, 3.63) is 0 Å². The van der Waals surface area contributed by atoms with Gasteiger partial charge < -0.3 is 27.4 Å². The Kier molecular flexibility index (Phi) is 76500. The summed E-state index contributed by atoms with van der Waals surface area (Å²) in [6.45, 7) is 0. The Morgan fingerprint density at radius 1 is 0.333 bits per heavy atom. The van der Waals surface area contributed by atoms with Crippen LogP contribution in [0.1, 0.15) is 0 Å². The Morgan fingerprint density at radius 2 is 0.333 bits per heavy atom. The van der Waals surface area contributed by atoms with Crippen LogP contribution in [0.2, 0.25) is 0 Å². The number of hydrogen-bond acceptors (Lipinski definition) is 0. The molecule has 0 aliphatic rings. The SMILES string of the molecule is O.O.O.O.O.[Pd]. The summed E-state index contributed by atoms with van der Waals surface area (Å²) in [5.74, 6) is 0. The predicted molar refractivity (Wildman–Crippen MR) is 18.1 cm³/mol. The van der Waals surface area contributed by atoms with E-state index >= 15 is 0 Å². The zero-order valence-electron chi connectivity index (χ0n) is 2.82. The molecule has 0 saturated heterocycles. The molecule has 0 aromatic heterocycles. The first kappa shape index (κ1) is 902. The van der Waals surface area contributed by atoms with Gasteiger partial charge in [-0.05, 0) is 0 Å². The molecular formula is H10O5Pd. The summed E-state index contributed by atoms with van der Waals surface area (Å²) in [4.78, 5) is 0. The van der Waals surface area contributed by atoms with Gasteiger partial charge >= 0.3 is 0 Å². The van der Waals surface area contributed by atoms with E-state index in [0.717, 1.165) is 0 Å². The molecule has 0 aromatic carbocycles. The topological polar surface area (TPSA) is 158 Å². The Morgan fingerprint density at radius 3 is 0.333 bits per heavy atom. The smallest absolute Gasteiger partial charge is 0 e. The second-order valence-corrected chi connectivity index (χ2v) is 0. The molecule has 0 unspecified atom stereocenters. The minimum absolute atomic E-state index is 0. The van der Waals surface area contributed by atoms with Gasteiger partial charge in [0.2, 0.25) is 0 Å². The van der Waals surface area contributed by atoms with E-state index in [2.05, 4.69) is 0 Å². The van der Waals surface area contributed by atoms with E-state index in [1.807, 2.05) is 0 Å². The normalized spacial score (nSPS) is 0. The van der Waals surface area contributed by atoms with Gasteiger partial charge in [0.25, 0.3) is 0 Å². The van der Waals surface area contributed by atoms with Gasteiger partial charge in [-0.3, -0.25) is 0 Å². The molecule has 0 radical (unpaired) electrons. The van der Waals surface area contributed by atoms with Crippen LogP contribution in [0.15, 0.2) is 0 Å². The first-order valence-corrected chi connectivity index (χ1v) is 0. The fourth-order valence-corrected chi connectivity index (χ4v) is 0. The average molecular weight is 196 g/mol. The quantitative estimate of drug-likeness (QED) is 0.345. The summed E-state index contributed by atoms with van der Waals surface area (Å²) in [5, 5.41) is 0. The van der Waals surface area contributed by atoms with Crippen LogP contribution < -0.4 is 0 Å². The number of rotatable bonds is 0. The van der Waals surface area contributed by atoms with Crippen molar-refractivity contribution in [1.29, 1.82) is 0 Å². The van der Waals surface area contributed by atoms with Crippen LogP contribution in [0.25, 0.3) is 0 Å². The van der Waals surface area contributed by atoms with Crippen LogP contribution in [0, 0.1) is 0 Å². The monoisotopic (exact) mass is 196 g/mol. The van der Waals surface area contributed by atoms with Crippen LogP contribution >= 0.6 is 0 Å². The molecule has 0 spiro atoms. The summed E-state index contributed by atoms with van der Waals surface area (Å²) < 4.78 is 0. The van der Waals surface area contributed by atoms with Gasteiger partial charge in [-0.1, -0.05) is 0 Å². The Labute approximate surface area is 48.6 Å². The van der Waals surface area contributed by atoms with Gasteiger partial charge in [0.1, 0.15) is 0 Å². The third-order valence-electron chi connectivity index (χ3n) is 0. The van der Waals surface area contributed by atoms with Gasteiger partial charge in [-0.15, -0.1) is 0 Å². The summed E-state index contributed by atoms with van der Waals surface area (Å²) in [7, 11) is 0. The largest absolute Gasteiger partial charge is 0.412 e. The summed E-state index contributed by atoms with van der Waals surface area (Å²) >= 11 is 0. The van der Waals surface area contributed by atoms with Crippen LogP contribution in [-0.2, 0) is 20.4 Å². The molecule has 10 N–H and O–H groups in total. The molecule has 0 rings (SSSR count). The van der Waals surface area contributed by atoms with E-state index in [1.165, 1.54) is 0 Å². The molecule has 0 atom stereocenters.